The van der Waals surface area contributed by atoms with Gasteiger partial charge in [-0.2, -0.15) is 0 Å². The van der Waals surface area contributed by atoms with Crippen LogP contribution in [-0.2, 0) is 24.0 Å². The van der Waals surface area contributed by atoms with Crippen molar-refractivity contribution >= 4 is 29.6 Å². The fraction of sp³-hybridized carbons (Fsp3) is 0.737. The van der Waals surface area contributed by atoms with Crippen LogP contribution in [0.5, 0.6) is 0 Å². The Labute approximate surface area is 176 Å². The molecule has 8 N–H and O–H groups in total. The Kier molecular flexibility index (Phi) is 12.3. The van der Waals surface area contributed by atoms with Gasteiger partial charge in [0.15, 0.2) is 0 Å². The number of hydrogen-bond acceptors (Lipinski definition) is 6. The van der Waals surface area contributed by atoms with Crippen molar-refractivity contribution < 1.29 is 29.1 Å². The number of amides is 4. The normalized spacial score (nSPS) is 14.0. The molecule has 0 spiro atoms. The summed E-state index contributed by atoms with van der Waals surface area (Å²) in [6.07, 6.45) is 0.346. The lowest BCUT2D eigenvalue weighted by atomic mass is 10.0. The van der Waals surface area contributed by atoms with Gasteiger partial charge in [0, 0.05) is 6.42 Å². The van der Waals surface area contributed by atoms with Gasteiger partial charge in [0.1, 0.15) is 12.1 Å². The molecular formula is C19H35N5O6. The highest BCUT2D eigenvalue weighted by Crippen LogP contribution is 2.07. The van der Waals surface area contributed by atoms with Crippen LogP contribution in [0.1, 0.15) is 53.4 Å². The third-order valence-electron chi connectivity index (χ3n) is 4.14. The largest absolute Gasteiger partial charge is 0.480 e. The molecule has 0 bridgehead atoms. The van der Waals surface area contributed by atoms with Crippen molar-refractivity contribution in [1.82, 2.24) is 16.0 Å². The number of carboxylic acid groups (broad SMARTS) is 1. The molecule has 0 aromatic rings. The summed E-state index contributed by atoms with van der Waals surface area (Å²) in [6.45, 7) is 7.01. The molecule has 0 radical (unpaired) electrons. The maximum absolute atomic E-state index is 12.5. The van der Waals surface area contributed by atoms with Crippen LogP contribution in [0.4, 0.5) is 0 Å². The van der Waals surface area contributed by atoms with E-state index in [1.165, 1.54) is 0 Å². The monoisotopic (exact) mass is 429 g/mol. The second-order valence-electron chi connectivity index (χ2n) is 8.11. The van der Waals surface area contributed by atoms with Crippen LogP contribution < -0.4 is 27.4 Å². The number of nitrogens with one attached hydrogen (secondary N) is 3. The van der Waals surface area contributed by atoms with Crippen LogP contribution in [0.25, 0.3) is 0 Å². The molecule has 0 aromatic heterocycles. The average Bonchev–Trinajstić information content (AvgIpc) is 2.61. The first-order chi connectivity index (χ1) is 13.8. The van der Waals surface area contributed by atoms with Crippen molar-refractivity contribution in [2.45, 2.75) is 71.5 Å². The van der Waals surface area contributed by atoms with Gasteiger partial charge in [0.25, 0.3) is 0 Å². The summed E-state index contributed by atoms with van der Waals surface area (Å²) in [5, 5.41) is 16.4. The lowest BCUT2D eigenvalue weighted by Gasteiger charge is -2.22. The number of primary amides is 1. The summed E-state index contributed by atoms with van der Waals surface area (Å²) < 4.78 is 0. The molecule has 3 atom stereocenters. The van der Waals surface area contributed by atoms with Crippen molar-refractivity contribution in [2.24, 2.45) is 23.3 Å². The molecule has 0 aliphatic heterocycles. The molecule has 0 rings (SSSR count). The Balaban J connectivity index is 4.96. The van der Waals surface area contributed by atoms with Gasteiger partial charge >= 0.3 is 5.97 Å². The Hall–Kier alpha value is -2.69. The maximum Gasteiger partial charge on any atom is 0.326 e. The molecule has 0 heterocycles. The predicted octanol–water partition coefficient (Wildman–Crippen LogP) is -1.16. The fourth-order valence-corrected chi connectivity index (χ4v) is 2.68. The van der Waals surface area contributed by atoms with E-state index in [1.54, 1.807) is 13.8 Å². The Bertz CT molecular complexity index is 623. The van der Waals surface area contributed by atoms with Crippen molar-refractivity contribution in [1.29, 1.82) is 0 Å². The van der Waals surface area contributed by atoms with Gasteiger partial charge in [-0.25, -0.2) is 4.79 Å². The van der Waals surface area contributed by atoms with Gasteiger partial charge in [0.2, 0.25) is 23.6 Å². The van der Waals surface area contributed by atoms with Crippen LogP contribution >= 0.6 is 0 Å². The van der Waals surface area contributed by atoms with Crippen molar-refractivity contribution in [3.8, 4) is 0 Å². The van der Waals surface area contributed by atoms with E-state index in [0.29, 0.717) is 6.42 Å². The zero-order valence-corrected chi connectivity index (χ0v) is 18.1. The molecular weight excluding hydrogens is 394 g/mol. The number of hydrogen-bond donors (Lipinski definition) is 6. The lowest BCUT2D eigenvalue weighted by Crippen LogP contribution is -2.54. The van der Waals surface area contributed by atoms with E-state index >= 15 is 0 Å². The molecule has 0 aliphatic rings. The van der Waals surface area contributed by atoms with Gasteiger partial charge in [-0.1, -0.05) is 27.7 Å². The first kappa shape index (κ1) is 27.3. The van der Waals surface area contributed by atoms with Gasteiger partial charge in [0.05, 0.1) is 12.6 Å². The molecule has 0 saturated carbocycles. The van der Waals surface area contributed by atoms with Crippen molar-refractivity contribution in [3.05, 3.63) is 0 Å². The number of rotatable bonds is 14. The second-order valence-corrected chi connectivity index (χ2v) is 8.11. The second kappa shape index (κ2) is 13.5. The predicted molar refractivity (Wildman–Crippen MR) is 110 cm³/mol. The minimum Gasteiger partial charge on any atom is -0.480 e. The van der Waals surface area contributed by atoms with Crippen LogP contribution in [0, 0.1) is 11.8 Å². The molecule has 11 heteroatoms. The topological polar surface area (TPSA) is 194 Å². The highest BCUT2D eigenvalue weighted by atomic mass is 16.4. The van der Waals surface area contributed by atoms with E-state index in [-0.39, 0.29) is 31.1 Å². The third kappa shape index (κ3) is 12.0. The summed E-state index contributed by atoms with van der Waals surface area (Å²) in [7, 11) is 0. The number of aliphatic carboxylic acids is 1. The summed E-state index contributed by atoms with van der Waals surface area (Å²) in [4.78, 5) is 59.0. The molecule has 3 unspecified atom stereocenters. The highest BCUT2D eigenvalue weighted by molar-refractivity contribution is 5.92. The summed E-state index contributed by atoms with van der Waals surface area (Å²) >= 11 is 0. The molecule has 0 aromatic carbocycles. The van der Waals surface area contributed by atoms with Gasteiger partial charge < -0.3 is 32.5 Å². The minimum atomic E-state index is -1.21. The standard InChI is InChI=1S/C19H35N5O6/c1-10(2)7-12(20)17(27)22-9-16(26)23-13(5-6-15(21)25)18(28)24-14(19(29)30)8-11(3)4/h10-14H,5-9,20H2,1-4H3,(H2,21,25)(H,22,27)(H,23,26)(H,24,28)(H,29,30). The van der Waals surface area contributed by atoms with Gasteiger partial charge in [-0.15, -0.1) is 0 Å². The summed E-state index contributed by atoms with van der Waals surface area (Å²) in [6, 6.07) is -3.08. The van der Waals surface area contributed by atoms with Crippen LogP contribution in [0.2, 0.25) is 0 Å². The average molecular weight is 430 g/mol. The van der Waals surface area contributed by atoms with E-state index in [0.717, 1.165) is 0 Å². The molecule has 0 aliphatic carbocycles. The van der Waals surface area contributed by atoms with E-state index in [1.807, 2.05) is 13.8 Å². The first-order valence-corrected chi connectivity index (χ1v) is 9.97. The Morgan fingerprint density at radius 2 is 1.43 bits per heavy atom. The third-order valence-corrected chi connectivity index (χ3v) is 4.14. The number of carboxylic acids is 1. The van der Waals surface area contributed by atoms with Crippen molar-refractivity contribution in [3.63, 3.8) is 0 Å². The molecule has 0 saturated heterocycles. The molecule has 0 fully saturated rings. The quantitative estimate of drug-likeness (QED) is 0.200. The number of carbonyl (C=O) groups is 5. The highest BCUT2D eigenvalue weighted by Gasteiger charge is 2.27. The van der Waals surface area contributed by atoms with Crippen LogP contribution in [-0.4, -0.2) is 59.4 Å². The zero-order valence-electron chi connectivity index (χ0n) is 18.1. The summed E-state index contributed by atoms with van der Waals surface area (Å²) in [5.41, 5.74) is 10.9. The Morgan fingerprint density at radius 1 is 0.867 bits per heavy atom. The van der Waals surface area contributed by atoms with Crippen molar-refractivity contribution in [2.75, 3.05) is 6.54 Å². The van der Waals surface area contributed by atoms with Crippen LogP contribution in [0.15, 0.2) is 0 Å². The molecule has 172 valence electrons. The van der Waals surface area contributed by atoms with E-state index in [4.69, 9.17) is 11.5 Å². The summed E-state index contributed by atoms with van der Waals surface area (Å²) in [5.74, 6) is -3.60. The first-order valence-electron chi connectivity index (χ1n) is 9.97. The smallest absolute Gasteiger partial charge is 0.326 e. The zero-order chi connectivity index (χ0) is 23.4. The molecule has 4 amide bonds. The minimum absolute atomic E-state index is 0.00956. The number of nitrogens with two attached hydrogens (primary N) is 2. The van der Waals surface area contributed by atoms with Gasteiger partial charge in [-0.3, -0.25) is 19.2 Å². The van der Waals surface area contributed by atoms with E-state index < -0.39 is 54.3 Å². The lowest BCUT2D eigenvalue weighted by molar-refractivity contribution is -0.142. The van der Waals surface area contributed by atoms with E-state index in [9.17, 15) is 29.1 Å². The van der Waals surface area contributed by atoms with Crippen LogP contribution in [0.3, 0.4) is 0 Å². The SMILES string of the molecule is CC(C)CC(N)C(=O)NCC(=O)NC(CCC(N)=O)C(=O)NC(CC(C)C)C(=O)O. The molecule has 11 nitrogen and oxygen atoms in total. The van der Waals surface area contributed by atoms with Gasteiger partial charge in [-0.05, 0) is 31.1 Å². The van der Waals surface area contributed by atoms with E-state index in [2.05, 4.69) is 16.0 Å². The maximum atomic E-state index is 12.5. The fourth-order valence-electron chi connectivity index (χ4n) is 2.68. The number of carbonyl (C=O) groups excluding carboxylic acids is 4. The Morgan fingerprint density at radius 3 is 1.90 bits per heavy atom. The molecule has 30 heavy (non-hydrogen) atoms.